The minimum absolute atomic E-state index is 0.0356. The van der Waals surface area contributed by atoms with Gasteiger partial charge in [-0.2, -0.15) is 0 Å². The van der Waals surface area contributed by atoms with Gasteiger partial charge in [0, 0.05) is 32.4 Å². The molecule has 8 heteroatoms. The highest BCUT2D eigenvalue weighted by Crippen LogP contribution is 2.45. The van der Waals surface area contributed by atoms with Gasteiger partial charge in [0.15, 0.2) is 6.10 Å². The zero-order chi connectivity index (χ0) is 25.0. The summed E-state index contributed by atoms with van der Waals surface area (Å²) in [4.78, 5) is 36.4. The zero-order valence-corrected chi connectivity index (χ0v) is 20.1. The van der Waals surface area contributed by atoms with Crippen molar-refractivity contribution in [2.24, 2.45) is 5.92 Å². The Morgan fingerprint density at radius 1 is 1.06 bits per heavy atom. The van der Waals surface area contributed by atoms with E-state index in [1.54, 1.807) is 0 Å². The molecule has 2 amide bonds. The van der Waals surface area contributed by atoms with Crippen molar-refractivity contribution in [3.8, 4) is 11.1 Å². The predicted octanol–water partition coefficient (Wildman–Crippen LogP) is 3.69. The number of benzene rings is 2. The molecular weight excluding hydrogens is 448 g/mol. The first-order valence-electron chi connectivity index (χ1n) is 12.0. The van der Waals surface area contributed by atoms with Gasteiger partial charge >= 0.3 is 12.1 Å². The molecule has 3 N–H and O–H groups in total. The topological polar surface area (TPSA) is 114 Å². The molecule has 2 atom stereocenters. The molecule has 1 fully saturated rings. The molecule has 2 aliphatic rings. The van der Waals surface area contributed by atoms with E-state index in [2.05, 4.69) is 34.9 Å². The molecule has 2 aromatic rings. The molecule has 0 spiro atoms. The van der Waals surface area contributed by atoms with Gasteiger partial charge < -0.3 is 25.2 Å². The van der Waals surface area contributed by atoms with Gasteiger partial charge in [-0.1, -0.05) is 48.5 Å². The lowest BCUT2D eigenvalue weighted by Gasteiger charge is -2.30. The molecule has 186 valence electrons. The van der Waals surface area contributed by atoms with Crippen molar-refractivity contribution in [3.63, 3.8) is 0 Å². The maximum absolute atomic E-state index is 12.8. The maximum atomic E-state index is 12.8. The van der Waals surface area contributed by atoms with Crippen molar-refractivity contribution in [2.75, 3.05) is 20.3 Å². The van der Waals surface area contributed by atoms with E-state index in [1.165, 1.54) is 7.11 Å². The number of ether oxygens (including phenoxy) is 2. The maximum Gasteiger partial charge on any atom is 0.407 e. The van der Waals surface area contributed by atoms with Crippen molar-refractivity contribution < 1.29 is 29.0 Å². The monoisotopic (exact) mass is 480 g/mol. The third-order valence-corrected chi connectivity index (χ3v) is 7.03. The molecule has 0 bridgehead atoms. The van der Waals surface area contributed by atoms with Crippen LogP contribution in [-0.2, 0) is 19.1 Å². The van der Waals surface area contributed by atoms with Gasteiger partial charge in [-0.15, -0.1) is 0 Å². The summed E-state index contributed by atoms with van der Waals surface area (Å²) in [6.45, 7) is 2.25. The van der Waals surface area contributed by atoms with Gasteiger partial charge in [-0.05, 0) is 47.9 Å². The number of carboxylic acids is 1. The van der Waals surface area contributed by atoms with Crippen molar-refractivity contribution in [3.05, 3.63) is 59.7 Å². The zero-order valence-electron chi connectivity index (χ0n) is 20.1. The number of aliphatic carboxylic acids is 1. The van der Waals surface area contributed by atoms with E-state index in [0.717, 1.165) is 35.1 Å². The number of methoxy groups -OCH3 is 1. The predicted molar refractivity (Wildman–Crippen MR) is 130 cm³/mol. The van der Waals surface area contributed by atoms with Crippen LogP contribution in [0.25, 0.3) is 11.1 Å². The Balaban J connectivity index is 1.33. The van der Waals surface area contributed by atoms with E-state index in [9.17, 15) is 14.4 Å². The lowest BCUT2D eigenvalue weighted by atomic mass is 9.91. The van der Waals surface area contributed by atoms with Crippen molar-refractivity contribution >= 4 is 18.0 Å². The summed E-state index contributed by atoms with van der Waals surface area (Å²) in [6, 6.07) is 16.3. The lowest BCUT2D eigenvalue weighted by molar-refractivity contribution is -0.149. The van der Waals surface area contributed by atoms with Gasteiger partial charge in [0.25, 0.3) is 0 Å². The Morgan fingerprint density at radius 2 is 1.66 bits per heavy atom. The Hall–Kier alpha value is -3.39. The molecule has 8 nitrogen and oxygen atoms in total. The fourth-order valence-corrected chi connectivity index (χ4v) is 4.96. The first-order valence-corrected chi connectivity index (χ1v) is 12.0. The quantitative estimate of drug-likeness (QED) is 0.452. The minimum Gasteiger partial charge on any atom is -0.479 e. The minimum atomic E-state index is -1.07. The van der Waals surface area contributed by atoms with Crippen LogP contribution in [0.4, 0.5) is 4.79 Å². The average molecular weight is 481 g/mol. The molecule has 35 heavy (non-hydrogen) atoms. The van der Waals surface area contributed by atoms with Crippen LogP contribution in [0.5, 0.6) is 0 Å². The van der Waals surface area contributed by atoms with Crippen LogP contribution >= 0.6 is 0 Å². The Kier molecular flexibility index (Phi) is 7.40. The summed E-state index contributed by atoms with van der Waals surface area (Å²) < 4.78 is 10.6. The first kappa shape index (κ1) is 24.7. The standard InChI is InChI=1S/C27H32N2O6/c1-27(17-11-12-17,15-24(30)28-14-13-23(34-2)25(31)32)29-26(33)35-16-22-20-9-5-3-7-18(20)19-8-4-6-10-21(19)22/h3-10,17,22-23H,11-16H2,1-2H3,(H,28,30)(H,29,33)(H,31,32). The van der Waals surface area contributed by atoms with Crippen molar-refractivity contribution in [1.82, 2.24) is 10.6 Å². The molecule has 0 radical (unpaired) electrons. The smallest absolute Gasteiger partial charge is 0.407 e. The van der Waals surface area contributed by atoms with Crippen LogP contribution in [-0.4, -0.2) is 55.0 Å². The summed E-state index contributed by atoms with van der Waals surface area (Å²) in [5.74, 6) is -1.16. The van der Waals surface area contributed by atoms with Crippen molar-refractivity contribution in [2.45, 2.75) is 50.2 Å². The second-order valence-corrected chi connectivity index (χ2v) is 9.52. The van der Waals surface area contributed by atoms with Gasteiger partial charge in [-0.25, -0.2) is 9.59 Å². The van der Waals surface area contributed by atoms with Crippen LogP contribution in [0.15, 0.2) is 48.5 Å². The fraction of sp³-hybridized carbons (Fsp3) is 0.444. The summed E-state index contributed by atoms with van der Waals surface area (Å²) >= 11 is 0. The van der Waals surface area contributed by atoms with Gasteiger partial charge in [0.05, 0.1) is 5.54 Å². The SMILES string of the molecule is COC(CCNC(=O)CC(C)(NC(=O)OCC1c2ccccc2-c2ccccc21)C1CC1)C(=O)O. The number of hydrogen-bond donors (Lipinski definition) is 3. The Labute approximate surface area is 205 Å². The number of hydrogen-bond acceptors (Lipinski definition) is 5. The number of amides is 2. The van der Waals surface area contributed by atoms with Crippen LogP contribution in [0.1, 0.15) is 49.7 Å². The summed E-state index contributed by atoms with van der Waals surface area (Å²) in [5, 5.41) is 14.7. The second-order valence-electron chi connectivity index (χ2n) is 9.52. The van der Waals surface area contributed by atoms with Gasteiger partial charge in [0.1, 0.15) is 6.61 Å². The fourth-order valence-electron chi connectivity index (χ4n) is 4.96. The molecule has 2 unspecified atom stereocenters. The number of carbonyl (C=O) groups excluding carboxylic acids is 2. The summed E-state index contributed by atoms with van der Waals surface area (Å²) in [7, 11) is 1.32. The number of fused-ring (bicyclic) bond motifs is 3. The molecule has 0 saturated heterocycles. The molecule has 0 heterocycles. The highest BCUT2D eigenvalue weighted by atomic mass is 16.5. The number of rotatable bonds is 11. The highest BCUT2D eigenvalue weighted by molar-refractivity contribution is 5.80. The van der Waals surface area contributed by atoms with Crippen LogP contribution in [0.3, 0.4) is 0 Å². The number of nitrogens with one attached hydrogen (secondary N) is 2. The van der Waals surface area contributed by atoms with E-state index in [-0.39, 0.29) is 43.7 Å². The van der Waals surface area contributed by atoms with Crippen LogP contribution < -0.4 is 10.6 Å². The summed E-state index contributed by atoms with van der Waals surface area (Å²) in [5.41, 5.74) is 3.87. The van der Waals surface area contributed by atoms with E-state index >= 15 is 0 Å². The van der Waals surface area contributed by atoms with E-state index < -0.39 is 23.7 Å². The summed E-state index contributed by atoms with van der Waals surface area (Å²) in [6.07, 6.45) is 0.601. The largest absolute Gasteiger partial charge is 0.479 e. The second kappa shape index (κ2) is 10.5. The normalized spacial score (nSPS) is 17.0. The van der Waals surface area contributed by atoms with E-state index in [0.29, 0.717) is 0 Å². The highest BCUT2D eigenvalue weighted by Gasteiger charge is 2.44. The molecule has 2 aromatic carbocycles. The van der Waals surface area contributed by atoms with Gasteiger partial charge in [0.2, 0.25) is 5.91 Å². The lowest BCUT2D eigenvalue weighted by Crippen LogP contribution is -2.51. The van der Waals surface area contributed by atoms with Gasteiger partial charge in [-0.3, -0.25) is 4.79 Å². The van der Waals surface area contributed by atoms with Crippen LogP contribution in [0.2, 0.25) is 0 Å². The Morgan fingerprint density at radius 3 is 2.20 bits per heavy atom. The van der Waals surface area contributed by atoms with Crippen molar-refractivity contribution in [1.29, 1.82) is 0 Å². The van der Waals surface area contributed by atoms with E-state index in [4.69, 9.17) is 14.6 Å². The third-order valence-electron chi connectivity index (χ3n) is 7.03. The van der Waals surface area contributed by atoms with E-state index in [1.807, 2.05) is 31.2 Å². The molecule has 0 aliphatic heterocycles. The van der Waals surface area contributed by atoms with Crippen LogP contribution in [0, 0.1) is 5.92 Å². The number of carboxylic acid groups (broad SMARTS) is 1. The third kappa shape index (κ3) is 5.65. The molecule has 4 rings (SSSR count). The Bertz CT molecular complexity index is 1050. The average Bonchev–Trinajstić information content (AvgIpc) is 3.64. The molecule has 2 aliphatic carbocycles. The number of carbonyl (C=O) groups is 3. The number of alkyl carbamates (subject to hydrolysis) is 1. The first-order chi connectivity index (χ1) is 16.8. The molecule has 1 saturated carbocycles. The molecular formula is C27H32N2O6. The molecule has 0 aromatic heterocycles.